The van der Waals surface area contributed by atoms with Gasteiger partial charge in [0.1, 0.15) is 12.4 Å². The van der Waals surface area contributed by atoms with Crippen LogP contribution in [0.1, 0.15) is 0 Å². The summed E-state index contributed by atoms with van der Waals surface area (Å²) in [7, 11) is 1.58. The van der Waals surface area contributed by atoms with Crippen LogP contribution in [0.5, 0.6) is 5.75 Å². The monoisotopic (exact) mass is 472 g/mol. The zero-order valence-electron chi connectivity index (χ0n) is 16.9. The number of aliphatic hydroxyl groups is 1. The molecule has 0 saturated heterocycles. The minimum atomic E-state index is -0.521. The van der Waals surface area contributed by atoms with Gasteiger partial charge in [0.05, 0.1) is 29.3 Å². The molecule has 2 heterocycles. The molecular formula is C22H18Cl2N4O4. The second-order valence-electron chi connectivity index (χ2n) is 6.64. The van der Waals surface area contributed by atoms with Crippen LogP contribution < -0.4 is 20.5 Å². The molecule has 4 rings (SSSR count). The predicted molar refractivity (Wildman–Crippen MR) is 124 cm³/mol. The van der Waals surface area contributed by atoms with E-state index in [0.29, 0.717) is 32.4 Å². The molecule has 0 unspecified atom stereocenters. The van der Waals surface area contributed by atoms with Gasteiger partial charge in [-0.15, -0.1) is 4.73 Å². The van der Waals surface area contributed by atoms with Crippen LogP contribution in [0.25, 0.3) is 22.2 Å². The third kappa shape index (κ3) is 4.34. The van der Waals surface area contributed by atoms with Gasteiger partial charge in [-0.1, -0.05) is 35.3 Å². The molecular weight excluding hydrogens is 455 g/mol. The first kappa shape index (κ1) is 21.9. The molecule has 4 aromatic rings. The first-order valence-electron chi connectivity index (χ1n) is 9.54. The van der Waals surface area contributed by atoms with Gasteiger partial charge in [0, 0.05) is 28.9 Å². The van der Waals surface area contributed by atoms with Gasteiger partial charge in [-0.3, -0.25) is 4.79 Å². The third-order valence-electron chi connectivity index (χ3n) is 4.57. The van der Waals surface area contributed by atoms with Crippen LogP contribution in [0, 0.1) is 0 Å². The first-order valence-corrected chi connectivity index (χ1v) is 10.3. The van der Waals surface area contributed by atoms with Gasteiger partial charge in [-0.05, 0) is 30.3 Å². The maximum atomic E-state index is 13.3. The van der Waals surface area contributed by atoms with Crippen molar-refractivity contribution in [1.29, 1.82) is 0 Å². The Balaban J connectivity index is 1.86. The van der Waals surface area contributed by atoms with Gasteiger partial charge < -0.3 is 20.0 Å². The molecule has 8 nitrogen and oxygen atoms in total. The number of hydrogen-bond acceptors (Lipinski definition) is 7. The zero-order valence-corrected chi connectivity index (χ0v) is 18.4. The van der Waals surface area contributed by atoms with E-state index in [9.17, 15) is 9.90 Å². The summed E-state index contributed by atoms with van der Waals surface area (Å²) in [4.78, 5) is 27.6. The number of nitrogens with zero attached hydrogens (tertiary/aromatic N) is 3. The molecule has 2 aromatic heterocycles. The lowest BCUT2D eigenvalue weighted by molar-refractivity contribution is 0.0764. The Morgan fingerprint density at radius 2 is 1.88 bits per heavy atom. The molecule has 0 atom stereocenters. The summed E-state index contributed by atoms with van der Waals surface area (Å²) in [5, 5.41) is 13.5. The van der Waals surface area contributed by atoms with E-state index in [0.717, 1.165) is 4.73 Å². The molecule has 0 fully saturated rings. The number of ether oxygens (including phenoxy) is 1. The highest BCUT2D eigenvalue weighted by Gasteiger charge is 2.18. The minimum Gasteiger partial charge on any atom is -0.497 e. The number of aromatic nitrogens is 3. The topological polar surface area (TPSA) is 98.5 Å². The molecule has 0 bridgehead atoms. The molecule has 10 heteroatoms. The van der Waals surface area contributed by atoms with Gasteiger partial charge in [0.25, 0.3) is 5.56 Å². The van der Waals surface area contributed by atoms with Crippen LogP contribution in [-0.4, -0.2) is 40.1 Å². The van der Waals surface area contributed by atoms with E-state index in [2.05, 4.69) is 15.3 Å². The SMILES string of the molecule is COc1cccc(Nc2ncc3cc(-c4c(Cl)cccc4Cl)c(=O)n(OCCO)c3n2)c1. The van der Waals surface area contributed by atoms with E-state index in [1.807, 2.05) is 18.2 Å². The van der Waals surface area contributed by atoms with E-state index < -0.39 is 5.56 Å². The Hall–Kier alpha value is -3.33. The first-order chi connectivity index (χ1) is 15.5. The van der Waals surface area contributed by atoms with Crippen molar-refractivity contribution in [1.82, 2.24) is 14.7 Å². The average molecular weight is 473 g/mol. The molecule has 0 saturated carbocycles. The lowest BCUT2D eigenvalue weighted by Crippen LogP contribution is -2.30. The van der Waals surface area contributed by atoms with Crippen molar-refractivity contribution < 1.29 is 14.7 Å². The molecule has 0 aliphatic rings. The smallest absolute Gasteiger partial charge is 0.293 e. The Labute approximate surface area is 192 Å². The number of fused-ring (bicyclic) bond motifs is 1. The molecule has 164 valence electrons. The molecule has 0 aliphatic carbocycles. The van der Waals surface area contributed by atoms with Gasteiger partial charge >= 0.3 is 0 Å². The number of hydrogen-bond donors (Lipinski definition) is 2. The van der Waals surface area contributed by atoms with Crippen molar-refractivity contribution in [2.75, 3.05) is 25.6 Å². The van der Waals surface area contributed by atoms with E-state index in [4.69, 9.17) is 32.8 Å². The minimum absolute atomic E-state index is 0.114. The Bertz CT molecular complexity index is 1320. The van der Waals surface area contributed by atoms with Crippen molar-refractivity contribution in [2.45, 2.75) is 0 Å². The number of rotatable bonds is 7. The normalized spacial score (nSPS) is 10.9. The van der Waals surface area contributed by atoms with E-state index in [1.165, 1.54) is 0 Å². The fourth-order valence-electron chi connectivity index (χ4n) is 3.15. The highest BCUT2D eigenvalue weighted by molar-refractivity contribution is 6.39. The van der Waals surface area contributed by atoms with Gasteiger partial charge in [-0.2, -0.15) is 4.98 Å². The second-order valence-corrected chi connectivity index (χ2v) is 7.45. The Morgan fingerprint density at radius 3 is 2.59 bits per heavy atom. The summed E-state index contributed by atoms with van der Waals surface area (Å²) < 4.78 is 6.24. The number of halogens is 2. The van der Waals surface area contributed by atoms with Crippen LogP contribution in [0.4, 0.5) is 11.6 Å². The molecule has 2 aromatic carbocycles. The molecule has 0 aliphatic heterocycles. The summed E-state index contributed by atoms with van der Waals surface area (Å²) in [6.07, 6.45) is 1.55. The molecule has 0 spiro atoms. The Morgan fingerprint density at radius 1 is 1.12 bits per heavy atom. The average Bonchev–Trinajstić information content (AvgIpc) is 2.79. The van der Waals surface area contributed by atoms with Gasteiger partial charge in [0.15, 0.2) is 5.65 Å². The van der Waals surface area contributed by atoms with Gasteiger partial charge in [-0.25, -0.2) is 4.98 Å². The van der Waals surface area contributed by atoms with E-state index in [1.54, 1.807) is 43.6 Å². The maximum absolute atomic E-state index is 13.3. The summed E-state index contributed by atoms with van der Waals surface area (Å²) in [5.41, 5.74) is 1.00. The summed E-state index contributed by atoms with van der Waals surface area (Å²) in [6.45, 7) is -0.400. The molecule has 0 amide bonds. The number of nitrogens with one attached hydrogen (secondary N) is 1. The number of aliphatic hydroxyl groups excluding tert-OH is 1. The summed E-state index contributed by atoms with van der Waals surface area (Å²) in [5.74, 6) is 0.912. The standard InChI is InChI=1S/C22H18Cl2N4O4/c1-31-15-5-2-4-14(11-15)26-22-25-12-13-10-16(19-17(23)6-3-7-18(19)24)21(30)28(20(13)27-22)32-9-8-29/h2-7,10-12,29H,8-9H2,1H3,(H,25,26,27). The largest absolute Gasteiger partial charge is 0.497 e. The quantitative estimate of drug-likeness (QED) is 0.420. The van der Waals surface area contributed by atoms with E-state index in [-0.39, 0.29) is 30.4 Å². The molecule has 32 heavy (non-hydrogen) atoms. The number of pyridine rings is 1. The maximum Gasteiger partial charge on any atom is 0.293 e. The highest BCUT2D eigenvalue weighted by atomic mass is 35.5. The van der Waals surface area contributed by atoms with Crippen molar-refractivity contribution in [3.8, 4) is 16.9 Å². The highest BCUT2D eigenvalue weighted by Crippen LogP contribution is 2.33. The lowest BCUT2D eigenvalue weighted by Gasteiger charge is -2.14. The van der Waals surface area contributed by atoms with Crippen molar-refractivity contribution in [3.63, 3.8) is 0 Å². The third-order valence-corrected chi connectivity index (χ3v) is 5.20. The summed E-state index contributed by atoms with van der Waals surface area (Å²) in [6, 6.07) is 13.8. The van der Waals surface area contributed by atoms with Crippen LogP contribution in [-0.2, 0) is 0 Å². The van der Waals surface area contributed by atoms with Crippen molar-refractivity contribution >= 4 is 45.9 Å². The van der Waals surface area contributed by atoms with Crippen LogP contribution in [0.2, 0.25) is 10.0 Å². The molecule has 0 radical (unpaired) electrons. The number of benzene rings is 2. The predicted octanol–water partition coefficient (Wildman–Crippen LogP) is 3.94. The fraction of sp³-hybridized carbons (Fsp3) is 0.136. The number of methoxy groups -OCH3 is 1. The van der Waals surface area contributed by atoms with Crippen molar-refractivity contribution in [2.24, 2.45) is 0 Å². The lowest BCUT2D eigenvalue weighted by atomic mass is 10.1. The van der Waals surface area contributed by atoms with Crippen LogP contribution in [0.3, 0.4) is 0 Å². The van der Waals surface area contributed by atoms with Crippen LogP contribution in [0.15, 0.2) is 59.5 Å². The van der Waals surface area contributed by atoms with E-state index >= 15 is 0 Å². The van der Waals surface area contributed by atoms with Crippen LogP contribution >= 0.6 is 23.2 Å². The second kappa shape index (κ2) is 9.44. The summed E-state index contributed by atoms with van der Waals surface area (Å²) >= 11 is 12.6. The number of anilines is 2. The zero-order chi connectivity index (χ0) is 22.7. The van der Waals surface area contributed by atoms with Gasteiger partial charge in [0.2, 0.25) is 5.95 Å². The Kier molecular flexibility index (Phi) is 6.45. The fourth-order valence-corrected chi connectivity index (χ4v) is 3.75. The van der Waals surface area contributed by atoms with Crippen molar-refractivity contribution in [3.05, 3.63) is 75.1 Å². The molecule has 2 N–H and O–H groups in total.